The van der Waals surface area contributed by atoms with E-state index in [1.165, 1.54) is 30.5 Å². The molecule has 1 rings (SSSR count). The van der Waals surface area contributed by atoms with Crippen LogP contribution in [-0.4, -0.2) is 62.4 Å². The van der Waals surface area contributed by atoms with Gasteiger partial charge in [0.2, 0.25) is 10.0 Å². The van der Waals surface area contributed by atoms with E-state index in [4.69, 9.17) is 4.84 Å². The molecule has 0 spiro atoms. The second-order valence-electron chi connectivity index (χ2n) is 7.07. The van der Waals surface area contributed by atoms with Crippen LogP contribution in [-0.2, 0) is 14.9 Å². The minimum absolute atomic E-state index is 0. The van der Waals surface area contributed by atoms with E-state index in [-0.39, 0.29) is 29.4 Å². The molecule has 0 heterocycles. The van der Waals surface area contributed by atoms with Crippen LogP contribution in [0.25, 0.3) is 0 Å². The minimum atomic E-state index is -3.44. The number of β-amino-alcohol motifs (C(OH)–C–C–N with tert-alkyl or cyclic N) is 1. The summed E-state index contributed by atoms with van der Waals surface area (Å²) in [5.74, 6) is 0. The molecular formula is C17H30ClN3O4S. The molecule has 9 heteroatoms. The summed E-state index contributed by atoms with van der Waals surface area (Å²) in [6, 6.07) is 6.42. The van der Waals surface area contributed by atoms with Gasteiger partial charge in [-0.25, -0.2) is 12.7 Å². The average Bonchev–Trinajstić information content (AvgIpc) is 2.52. The summed E-state index contributed by atoms with van der Waals surface area (Å²) in [5.41, 5.74) is 1.28. The standard InChI is InChI=1S/C17H29N3O4S.ClH/c1-13(19-24-12-15(21)11-18-17(2,3)4)14-7-9-16(10-8-14)25(22,23)20(5)6;/h7-10,15,18,21H,11-12H2,1-6H3;1H/b19-13+;. The lowest BCUT2D eigenvalue weighted by molar-refractivity contribution is 0.0373. The summed E-state index contributed by atoms with van der Waals surface area (Å²) in [6.07, 6.45) is -0.664. The molecule has 0 aliphatic rings. The van der Waals surface area contributed by atoms with Crippen molar-refractivity contribution in [1.29, 1.82) is 0 Å². The highest BCUT2D eigenvalue weighted by atomic mass is 35.5. The summed E-state index contributed by atoms with van der Waals surface area (Å²) in [6.45, 7) is 8.30. The van der Waals surface area contributed by atoms with Gasteiger partial charge in [0.1, 0.15) is 12.7 Å². The molecule has 26 heavy (non-hydrogen) atoms. The zero-order valence-electron chi connectivity index (χ0n) is 16.2. The zero-order valence-corrected chi connectivity index (χ0v) is 17.8. The summed E-state index contributed by atoms with van der Waals surface area (Å²) in [5, 5.41) is 17.0. The van der Waals surface area contributed by atoms with Gasteiger partial charge in [-0.15, -0.1) is 12.4 Å². The van der Waals surface area contributed by atoms with Gasteiger partial charge in [0.05, 0.1) is 10.6 Å². The Morgan fingerprint density at radius 3 is 2.27 bits per heavy atom. The highest BCUT2D eigenvalue weighted by molar-refractivity contribution is 7.89. The van der Waals surface area contributed by atoms with E-state index in [0.717, 1.165) is 5.56 Å². The van der Waals surface area contributed by atoms with Crippen molar-refractivity contribution < 1.29 is 18.4 Å². The SMILES string of the molecule is C/C(=N\OCC(O)CNC(C)(C)C)c1ccc(S(=O)(=O)N(C)C)cc1.Cl. The van der Waals surface area contributed by atoms with Crippen molar-refractivity contribution in [2.24, 2.45) is 5.16 Å². The van der Waals surface area contributed by atoms with Crippen molar-refractivity contribution in [2.45, 2.75) is 44.2 Å². The fraction of sp³-hybridized carbons (Fsp3) is 0.588. The number of aliphatic hydroxyl groups is 1. The lowest BCUT2D eigenvalue weighted by atomic mass is 10.1. The molecule has 0 fully saturated rings. The summed E-state index contributed by atoms with van der Waals surface area (Å²) in [4.78, 5) is 5.41. The third-order valence-electron chi connectivity index (χ3n) is 3.39. The van der Waals surface area contributed by atoms with Crippen LogP contribution in [0.4, 0.5) is 0 Å². The Morgan fingerprint density at radius 1 is 1.27 bits per heavy atom. The predicted octanol–water partition coefficient (Wildman–Crippen LogP) is 1.85. The molecule has 0 amide bonds. The first-order valence-corrected chi connectivity index (χ1v) is 9.50. The maximum absolute atomic E-state index is 12.0. The highest BCUT2D eigenvalue weighted by Crippen LogP contribution is 2.14. The van der Waals surface area contributed by atoms with Crippen LogP contribution in [0.5, 0.6) is 0 Å². The number of hydrogen-bond donors (Lipinski definition) is 2. The number of oxime groups is 1. The van der Waals surface area contributed by atoms with Crippen molar-refractivity contribution in [3.63, 3.8) is 0 Å². The number of nitrogens with zero attached hydrogens (tertiary/aromatic N) is 2. The second-order valence-corrected chi connectivity index (χ2v) is 9.22. The van der Waals surface area contributed by atoms with Crippen LogP contribution in [0.15, 0.2) is 34.3 Å². The third kappa shape index (κ3) is 8.01. The van der Waals surface area contributed by atoms with Crippen molar-refractivity contribution >= 4 is 28.1 Å². The molecule has 0 radical (unpaired) electrons. The normalized spacial score (nSPS) is 14.1. The molecule has 1 aromatic carbocycles. The number of halogens is 1. The first-order valence-electron chi connectivity index (χ1n) is 8.06. The molecular weight excluding hydrogens is 378 g/mol. The van der Waals surface area contributed by atoms with Gasteiger partial charge in [-0.05, 0) is 45.4 Å². The lowest BCUT2D eigenvalue weighted by Gasteiger charge is -2.22. The minimum Gasteiger partial charge on any atom is -0.393 e. The molecule has 7 nitrogen and oxygen atoms in total. The Labute approximate surface area is 162 Å². The maximum atomic E-state index is 12.0. The van der Waals surface area contributed by atoms with Crippen LogP contribution in [0.2, 0.25) is 0 Å². The largest absolute Gasteiger partial charge is 0.393 e. The van der Waals surface area contributed by atoms with Gasteiger partial charge >= 0.3 is 0 Å². The van der Waals surface area contributed by atoms with Gasteiger partial charge in [0.25, 0.3) is 0 Å². The number of nitrogens with one attached hydrogen (secondary N) is 1. The molecule has 0 saturated carbocycles. The van der Waals surface area contributed by atoms with Crippen molar-refractivity contribution in [2.75, 3.05) is 27.2 Å². The summed E-state index contributed by atoms with van der Waals surface area (Å²) < 4.78 is 25.2. The third-order valence-corrected chi connectivity index (χ3v) is 5.22. The first kappa shape index (κ1) is 24.8. The molecule has 150 valence electrons. The van der Waals surface area contributed by atoms with Gasteiger partial charge in [-0.1, -0.05) is 17.3 Å². The quantitative estimate of drug-likeness (QED) is 0.507. The number of aliphatic hydroxyl groups excluding tert-OH is 1. The topological polar surface area (TPSA) is 91.2 Å². The molecule has 1 atom stereocenters. The fourth-order valence-electron chi connectivity index (χ4n) is 1.83. The second kappa shape index (κ2) is 10.2. The van der Waals surface area contributed by atoms with Crippen LogP contribution in [0, 0.1) is 0 Å². The van der Waals surface area contributed by atoms with Gasteiger partial charge in [-0.3, -0.25) is 0 Å². The van der Waals surface area contributed by atoms with Gasteiger partial charge < -0.3 is 15.3 Å². The number of sulfonamides is 1. The summed E-state index contributed by atoms with van der Waals surface area (Å²) in [7, 11) is -0.464. The van der Waals surface area contributed by atoms with Crippen LogP contribution < -0.4 is 5.32 Å². The predicted molar refractivity (Wildman–Crippen MR) is 106 cm³/mol. The molecule has 0 saturated heterocycles. The van der Waals surface area contributed by atoms with Gasteiger partial charge in [-0.2, -0.15) is 0 Å². The van der Waals surface area contributed by atoms with Crippen LogP contribution in [0.3, 0.4) is 0 Å². The molecule has 0 bridgehead atoms. The molecule has 1 unspecified atom stereocenters. The van der Waals surface area contributed by atoms with E-state index in [2.05, 4.69) is 10.5 Å². The Morgan fingerprint density at radius 2 is 1.81 bits per heavy atom. The molecule has 0 aromatic heterocycles. The van der Waals surface area contributed by atoms with E-state index in [0.29, 0.717) is 12.3 Å². The van der Waals surface area contributed by atoms with Crippen molar-refractivity contribution in [3.05, 3.63) is 29.8 Å². The van der Waals surface area contributed by atoms with Crippen molar-refractivity contribution in [1.82, 2.24) is 9.62 Å². The molecule has 0 aliphatic carbocycles. The average molecular weight is 408 g/mol. The maximum Gasteiger partial charge on any atom is 0.242 e. The van der Waals surface area contributed by atoms with E-state index >= 15 is 0 Å². The Hall–Kier alpha value is -1.19. The van der Waals surface area contributed by atoms with E-state index < -0.39 is 16.1 Å². The molecule has 2 N–H and O–H groups in total. The number of hydrogen-bond acceptors (Lipinski definition) is 6. The van der Waals surface area contributed by atoms with Gasteiger partial charge in [0, 0.05) is 26.2 Å². The Balaban J connectivity index is 0.00000625. The van der Waals surface area contributed by atoms with Crippen molar-refractivity contribution in [3.8, 4) is 0 Å². The number of rotatable bonds is 8. The van der Waals surface area contributed by atoms with Gasteiger partial charge in [0.15, 0.2) is 0 Å². The molecule has 1 aromatic rings. The van der Waals surface area contributed by atoms with Crippen LogP contribution in [0.1, 0.15) is 33.3 Å². The lowest BCUT2D eigenvalue weighted by Crippen LogP contribution is -2.42. The zero-order chi connectivity index (χ0) is 19.3. The monoisotopic (exact) mass is 407 g/mol. The fourth-order valence-corrected chi connectivity index (χ4v) is 2.74. The molecule has 0 aliphatic heterocycles. The van der Waals surface area contributed by atoms with E-state index in [1.54, 1.807) is 19.1 Å². The Kier molecular flexibility index (Phi) is 9.76. The summed E-state index contributed by atoms with van der Waals surface area (Å²) >= 11 is 0. The smallest absolute Gasteiger partial charge is 0.242 e. The van der Waals surface area contributed by atoms with E-state index in [9.17, 15) is 13.5 Å². The van der Waals surface area contributed by atoms with E-state index in [1.807, 2.05) is 20.8 Å². The number of benzene rings is 1. The highest BCUT2D eigenvalue weighted by Gasteiger charge is 2.17. The Bertz CT molecular complexity index is 683. The van der Waals surface area contributed by atoms with Crippen LogP contribution >= 0.6 is 12.4 Å². The first-order chi connectivity index (χ1) is 11.4.